The molecule has 140 valence electrons. The van der Waals surface area contributed by atoms with Crippen molar-refractivity contribution in [2.24, 2.45) is 18.9 Å². The van der Waals surface area contributed by atoms with Crippen molar-refractivity contribution >= 4 is 17.7 Å². The smallest absolute Gasteiger partial charge is 0.233 e. The third-order valence-corrected chi connectivity index (χ3v) is 6.59. The molecule has 2 aromatic rings. The first-order chi connectivity index (χ1) is 12.5. The molecule has 3 rings (SSSR count). The predicted octanol–water partition coefficient (Wildman–Crippen LogP) is 3.30. The molecule has 0 aromatic carbocycles. The first-order valence-corrected chi connectivity index (χ1v) is 10.1. The van der Waals surface area contributed by atoms with Gasteiger partial charge in [-0.05, 0) is 37.3 Å². The number of rotatable bonds is 5. The summed E-state index contributed by atoms with van der Waals surface area (Å²) in [7, 11) is 1.92. The van der Waals surface area contributed by atoms with Crippen LogP contribution in [0.4, 0.5) is 0 Å². The molecule has 1 saturated carbocycles. The summed E-state index contributed by atoms with van der Waals surface area (Å²) in [6.07, 6.45) is 6.99. The molecule has 2 heterocycles. The van der Waals surface area contributed by atoms with Gasteiger partial charge >= 0.3 is 0 Å². The van der Waals surface area contributed by atoms with E-state index in [1.807, 2.05) is 30.7 Å². The first-order valence-electron chi connectivity index (χ1n) is 9.24. The largest absolute Gasteiger partial charge is 0.352 e. The molecule has 1 aliphatic rings. The first kappa shape index (κ1) is 18.9. The lowest BCUT2D eigenvalue weighted by molar-refractivity contribution is -0.121. The lowest BCUT2D eigenvalue weighted by Crippen LogP contribution is -2.46. The van der Waals surface area contributed by atoms with E-state index in [2.05, 4.69) is 34.3 Å². The molecule has 1 amide bonds. The van der Waals surface area contributed by atoms with Gasteiger partial charge in [0.1, 0.15) is 0 Å². The lowest BCUT2D eigenvalue weighted by Gasteiger charge is -2.35. The van der Waals surface area contributed by atoms with Crippen LogP contribution in [0.5, 0.6) is 0 Å². The molecule has 0 aliphatic heterocycles. The lowest BCUT2D eigenvalue weighted by atomic mass is 9.78. The van der Waals surface area contributed by atoms with Crippen molar-refractivity contribution in [3.8, 4) is 11.4 Å². The molecule has 2 aromatic heterocycles. The van der Waals surface area contributed by atoms with Crippen molar-refractivity contribution in [3.05, 3.63) is 24.5 Å². The van der Waals surface area contributed by atoms with E-state index < -0.39 is 0 Å². The highest BCUT2D eigenvalue weighted by molar-refractivity contribution is 8.00. The fourth-order valence-electron chi connectivity index (χ4n) is 3.47. The Morgan fingerprint density at radius 3 is 2.73 bits per heavy atom. The zero-order valence-electron chi connectivity index (χ0n) is 15.8. The highest BCUT2D eigenvalue weighted by Gasteiger charge is 2.30. The van der Waals surface area contributed by atoms with Crippen molar-refractivity contribution in [1.82, 2.24) is 25.1 Å². The number of carbonyl (C=O) groups is 1. The van der Waals surface area contributed by atoms with Gasteiger partial charge in [-0.25, -0.2) is 0 Å². The minimum Gasteiger partial charge on any atom is -0.352 e. The molecule has 1 aliphatic carbocycles. The Balaban J connectivity index is 1.64. The molecule has 0 spiro atoms. The number of nitrogens with zero attached hydrogens (tertiary/aromatic N) is 4. The van der Waals surface area contributed by atoms with Gasteiger partial charge in [-0.1, -0.05) is 38.5 Å². The van der Waals surface area contributed by atoms with E-state index in [4.69, 9.17) is 0 Å². The second-order valence-corrected chi connectivity index (χ2v) is 8.55. The molecule has 26 heavy (non-hydrogen) atoms. The van der Waals surface area contributed by atoms with Crippen molar-refractivity contribution in [3.63, 3.8) is 0 Å². The maximum atomic E-state index is 12.7. The monoisotopic (exact) mass is 373 g/mol. The Hall–Kier alpha value is -1.89. The fraction of sp³-hybridized carbons (Fsp3) is 0.579. The van der Waals surface area contributed by atoms with Gasteiger partial charge in [0.05, 0.1) is 5.25 Å². The number of hydrogen-bond acceptors (Lipinski definition) is 5. The average molecular weight is 374 g/mol. The van der Waals surface area contributed by atoms with Crippen LogP contribution in [-0.2, 0) is 11.8 Å². The Bertz CT molecular complexity index is 748. The van der Waals surface area contributed by atoms with Crippen molar-refractivity contribution in [2.45, 2.75) is 56.5 Å². The van der Waals surface area contributed by atoms with Crippen LogP contribution in [0.3, 0.4) is 0 Å². The normalized spacial score (nSPS) is 24.2. The van der Waals surface area contributed by atoms with Gasteiger partial charge < -0.3 is 9.88 Å². The molecular formula is C19H27N5OS. The van der Waals surface area contributed by atoms with Gasteiger partial charge in [0.2, 0.25) is 5.91 Å². The summed E-state index contributed by atoms with van der Waals surface area (Å²) in [5, 5.41) is 12.3. The summed E-state index contributed by atoms with van der Waals surface area (Å²) in [5.74, 6) is 2.04. The van der Waals surface area contributed by atoms with Crippen molar-refractivity contribution in [1.29, 1.82) is 0 Å². The SMILES string of the molecule is C[C@@H]1[C@@H](C)CCC[C@H]1NC(=O)[C@@H](C)Sc1nnc(-c2ccncc2)n1C. The van der Waals surface area contributed by atoms with Crippen LogP contribution >= 0.6 is 11.8 Å². The molecule has 0 bridgehead atoms. The van der Waals surface area contributed by atoms with Gasteiger partial charge in [-0.3, -0.25) is 9.78 Å². The maximum Gasteiger partial charge on any atom is 0.233 e. The van der Waals surface area contributed by atoms with Crippen molar-refractivity contribution in [2.75, 3.05) is 0 Å². The molecule has 6 nitrogen and oxygen atoms in total. The molecule has 1 N–H and O–H groups in total. The Morgan fingerprint density at radius 2 is 2.00 bits per heavy atom. The van der Waals surface area contributed by atoms with Crippen LogP contribution < -0.4 is 5.32 Å². The summed E-state index contributed by atoms with van der Waals surface area (Å²) in [6, 6.07) is 4.08. The summed E-state index contributed by atoms with van der Waals surface area (Å²) in [6.45, 7) is 6.45. The van der Waals surface area contributed by atoms with Gasteiger partial charge in [0.25, 0.3) is 0 Å². The van der Waals surface area contributed by atoms with E-state index in [0.717, 1.165) is 23.0 Å². The van der Waals surface area contributed by atoms with E-state index in [1.165, 1.54) is 24.6 Å². The minimum absolute atomic E-state index is 0.0782. The van der Waals surface area contributed by atoms with Crippen LogP contribution in [-0.4, -0.2) is 36.9 Å². The second-order valence-electron chi connectivity index (χ2n) is 7.24. The minimum atomic E-state index is -0.215. The Morgan fingerprint density at radius 1 is 1.27 bits per heavy atom. The number of amides is 1. The zero-order chi connectivity index (χ0) is 18.7. The van der Waals surface area contributed by atoms with Crippen LogP contribution in [0.15, 0.2) is 29.7 Å². The van der Waals surface area contributed by atoms with E-state index in [0.29, 0.717) is 11.8 Å². The molecule has 7 heteroatoms. The number of thioether (sulfide) groups is 1. The molecule has 0 unspecified atom stereocenters. The third-order valence-electron chi connectivity index (χ3n) is 5.46. The number of pyridine rings is 1. The molecule has 0 radical (unpaired) electrons. The summed E-state index contributed by atoms with van der Waals surface area (Å²) in [5.41, 5.74) is 0.962. The van der Waals surface area contributed by atoms with Gasteiger partial charge in [0.15, 0.2) is 11.0 Å². The van der Waals surface area contributed by atoms with Gasteiger partial charge in [-0.2, -0.15) is 0 Å². The van der Waals surface area contributed by atoms with E-state index in [1.54, 1.807) is 12.4 Å². The van der Waals surface area contributed by atoms with E-state index in [9.17, 15) is 4.79 Å². The van der Waals surface area contributed by atoms with Crippen LogP contribution in [0.25, 0.3) is 11.4 Å². The molecule has 1 fully saturated rings. The second kappa shape index (κ2) is 8.20. The Labute approximate surface area is 159 Å². The number of aromatic nitrogens is 4. The quantitative estimate of drug-likeness (QED) is 0.814. The topological polar surface area (TPSA) is 72.7 Å². The van der Waals surface area contributed by atoms with Gasteiger partial charge in [0, 0.05) is 31.0 Å². The van der Waals surface area contributed by atoms with Crippen LogP contribution in [0.1, 0.15) is 40.0 Å². The molecule has 4 atom stereocenters. The van der Waals surface area contributed by atoms with Crippen LogP contribution in [0, 0.1) is 11.8 Å². The number of hydrogen-bond donors (Lipinski definition) is 1. The standard InChI is InChI=1S/C19H27N5OS/c1-12-6-5-7-16(13(12)2)21-18(25)14(3)26-19-23-22-17(24(19)4)15-8-10-20-11-9-15/h8-14,16H,5-7H2,1-4H3,(H,21,25)/t12-,13+,14+,16+/m0/s1. The Kier molecular flexibility index (Phi) is 5.96. The zero-order valence-corrected chi connectivity index (χ0v) is 16.7. The van der Waals surface area contributed by atoms with Crippen LogP contribution in [0.2, 0.25) is 0 Å². The average Bonchev–Trinajstić information content (AvgIpc) is 3.00. The predicted molar refractivity (Wildman–Crippen MR) is 104 cm³/mol. The number of carbonyl (C=O) groups excluding carboxylic acids is 1. The van der Waals surface area contributed by atoms with Gasteiger partial charge in [-0.15, -0.1) is 10.2 Å². The summed E-state index contributed by atoms with van der Waals surface area (Å²) >= 11 is 1.45. The van der Waals surface area contributed by atoms with Crippen molar-refractivity contribution < 1.29 is 4.79 Å². The van der Waals surface area contributed by atoms with E-state index in [-0.39, 0.29) is 17.2 Å². The fourth-order valence-corrected chi connectivity index (χ4v) is 4.29. The van der Waals surface area contributed by atoms with E-state index >= 15 is 0 Å². The highest BCUT2D eigenvalue weighted by Crippen LogP contribution is 2.30. The maximum absolute atomic E-state index is 12.7. The summed E-state index contributed by atoms with van der Waals surface area (Å²) < 4.78 is 1.93. The number of nitrogens with one attached hydrogen (secondary N) is 1. The molecular weight excluding hydrogens is 346 g/mol. The summed E-state index contributed by atoms with van der Waals surface area (Å²) in [4.78, 5) is 16.7. The molecule has 0 saturated heterocycles. The third kappa shape index (κ3) is 4.09. The highest BCUT2D eigenvalue weighted by atomic mass is 32.2.